The zero-order chi connectivity index (χ0) is 6.57. The molecule has 0 spiro atoms. The largest absolute Gasteiger partial charge is 0.393 e. The summed E-state index contributed by atoms with van der Waals surface area (Å²) in [6.07, 6.45) is 0.143. The molecule has 8 heavy (non-hydrogen) atoms. The SMILES string of the molecule is CC(C)OC(S)CO. The van der Waals surface area contributed by atoms with E-state index in [1.807, 2.05) is 13.8 Å². The van der Waals surface area contributed by atoms with E-state index in [4.69, 9.17) is 9.84 Å². The first kappa shape index (κ1) is 8.27. The molecule has 1 atom stereocenters. The van der Waals surface area contributed by atoms with Crippen molar-refractivity contribution in [2.75, 3.05) is 6.61 Å². The zero-order valence-corrected chi connectivity index (χ0v) is 6.06. The van der Waals surface area contributed by atoms with Crippen molar-refractivity contribution in [3.63, 3.8) is 0 Å². The number of hydrogen-bond acceptors (Lipinski definition) is 3. The van der Waals surface area contributed by atoms with E-state index in [9.17, 15) is 0 Å². The number of rotatable bonds is 3. The highest BCUT2D eigenvalue weighted by atomic mass is 32.1. The van der Waals surface area contributed by atoms with Gasteiger partial charge in [-0.1, -0.05) is 0 Å². The predicted molar refractivity (Wildman–Crippen MR) is 36.1 cm³/mol. The van der Waals surface area contributed by atoms with Crippen LogP contribution in [0.3, 0.4) is 0 Å². The number of ether oxygens (including phenoxy) is 1. The Morgan fingerprint density at radius 3 is 2.25 bits per heavy atom. The van der Waals surface area contributed by atoms with Crippen LogP contribution in [0.4, 0.5) is 0 Å². The molecule has 1 N–H and O–H groups in total. The van der Waals surface area contributed by atoms with E-state index in [0.29, 0.717) is 0 Å². The molecule has 0 aliphatic carbocycles. The summed E-state index contributed by atoms with van der Waals surface area (Å²) >= 11 is 3.90. The maximum absolute atomic E-state index is 8.38. The van der Waals surface area contributed by atoms with Crippen molar-refractivity contribution in [2.24, 2.45) is 0 Å². The minimum absolute atomic E-state index is 0.0265. The van der Waals surface area contributed by atoms with Gasteiger partial charge >= 0.3 is 0 Å². The molecule has 0 aliphatic rings. The fraction of sp³-hybridized carbons (Fsp3) is 1.00. The average Bonchev–Trinajstić information content (AvgIpc) is 1.65. The minimum atomic E-state index is -0.324. The maximum Gasteiger partial charge on any atom is 0.123 e. The van der Waals surface area contributed by atoms with Gasteiger partial charge in [0.25, 0.3) is 0 Å². The van der Waals surface area contributed by atoms with Gasteiger partial charge in [-0.15, -0.1) is 12.6 Å². The summed E-state index contributed by atoms with van der Waals surface area (Å²) in [5.41, 5.74) is -0.324. The standard InChI is InChI=1S/C5H12O2S/c1-4(2)7-5(8)3-6/h4-6,8H,3H2,1-2H3. The van der Waals surface area contributed by atoms with E-state index in [0.717, 1.165) is 0 Å². The number of hydrogen-bond donors (Lipinski definition) is 2. The average molecular weight is 136 g/mol. The highest BCUT2D eigenvalue weighted by molar-refractivity contribution is 7.80. The summed E-state index contributed by atoms with van der Waals surface area (Å²) in [6, 6.07) is 0. The third kappa shape index (κ3) is 4.43. The van der Waals surface area contributed by atoms with Gasteiger partial charge in [0.1, 0.15) is 5.44 Å². The van der Waals surface area contributed by atoms with Crippen molar-refractivity contribution in [2.45, 2.75) is 25.4 Å². The molecule has 0 fully saturated rings. The van der Waals surface area contributed by atoms with Crippen LogP contribution in [0.5, 0.6) is 0 Å². The smallest absolute Gasteiger partial charge is 0.123 e. The maximum atomic E-state index is 8.38. The molecule has 0 aromatic rings. The Labute approximate surface area is 55.3 Å². The highest BCUT2D eigenvalue weighted by Gasteiger charge is 2.01. The molecule has 0 saturated heterocycles. The van der Waals surface area contributed by atoms with Gasteiger partial charge in [-0.05, 0) is 13.8 Å². The second-order valence-electron chi connectivity index (χ2n) is 1.82. The topological polar surface area (TPSA) is 29.5 Å². The molecule has 0 bridgehead atoms. The first-order valence-electron chi connectivity index (χ1n) is 2.61. The lowest BCUT2D eigenvalue weighted by atomic mass is 10.5. The van der Waals surface area contributed by atoms with Crippen molar-refractivity contribution in [1.29, 1.82) is 0 Å². The molecule has 0 radical (unpaired) electrons. The van der Waals surface area contributed by atoms with E-state index in [1.54, 1.807) is 0 Å². The van der Waals surface area contributed by atoms with Gasteiger partial charge in [0.05, 0.1) is 12.7 Å². The summed E-state index contributed by atoms with van der Waals surface area (Å²) in [5.74, 6) is 0. The van der Waals surface area contributed by atoms with Gasteiger partial charge in [-0.2, -0.15) is 0 Å². The van der Waals surface area contributed by atoms with Gasteiger partial charge in [-0.3, -0.25) is 0 Å². The van der Waals surface area contributed by atoms with Crippen LogP contribution < -0.4 is 0 Å². The zero-order valence-electron chi connectivity index (χ0n) is 5.16. The molecule has 1 unspecified atom stereocenters. The molecule has 0 amide bonds. The molecule has 0 aliphatic heterocycles. The molecule has 50 valence electrons. The Morgan fingerprint density at radius 2 is 2.12 bits per heavy atom. The Hall–Kier alpha value is 0.270. The van der Waals surface area contributed by atoms with Crippen molar-refractivity contribution in [3.05, 3.63) is 0 Å². The van der Waals surface area contributed by atoms with Gasteiger partial charge in [0, 0.05) is 0 Å². The van der Waals surface area contributed by atoms with Gasteiger partial charge in [-0.25, -0.2) is 0 Å². The minimum Gasteiger partial charge on any atom is -0.393 e. The summed E-state index contributed by atoms with van der Waals surface area (Å²) in [6.45, 7) is 3.78. The summed E-state index contributed by atoms with van der Waals surface area (Å²) in [5, 5.41) is 8.38. The second kappa shape index (κ2) is 4.18. The second-order valence-corrected chi connectivity index (χ2v) is 2.40. The number of aliphatic hydroxyl groups excluding tert-OH is 1. The van der Waals surface area contributed by atoms with Crippen LogP contribution >= 0.6 is 12.6 Å². The van der Waals surface area contributed by atoms with Gasteiger partial charge in [0.2, 0.25) is 0 Å². The Bertz CT molecular complexity index is 56.4. The third-order valence-corrected chi connectivity index (χ3v) is 0.870. The summed E-state index contributed by atoms with van der Waals surface area (Å²) < 4.78 is 5.01. The van der Waals surface area contributed by atoms with Crippen molar-refractivity contribution in [1.82, 2.24) is 0 Å². The lowest BCUT2D eigenvalue weighted by molar-refractivity contribution is 0.0288. The molecular weight excluding hydrogens is 124 g/mol. The quantitative estimate of drug-likeness (QED) is 0.441. The van der Waals surface area contributed by atoms with Gasteiger partial charge in [0.15, 0.2) is 0 Å². The molecule has 0 saturated carbocycles. The molecule has 0 aromatic carbocycles. The lowest BCUT2D eigenvalue weighted by Crippen LogP contribution is -2.15. The number of aliphatic hydroxyl groups is 1. The van der Waals surface area contributed by atoms with Crippen LogP contribution in [0.1, 0.15) is 13.8 Å². The Balaban J connectivity index is 3.10. The summed E-state index contributed by atoms with van der Waals surface area (Å²) in [4.78, 5) is 0. The molecular formula is C5H12O2S. The Morgan fingerprint density at radius 1 is 1.62 bits per heavy atom. The monoisotopic (exact) mass is 136 g/mol. The Kier molecular flexibility index (Phi) is 4.32. The summed E-state index contributed by atoms with van der Waals surface area (Å²) in [7, 11) is 0. The molecule has 0 heterocycles. The van der Waals surface area contributed by atoms with Crippen LogP contribution in [-0.4, -0.2) is 23.3 Å². The van der Waals surface area contributed by atoms with Crippen LogP contribution in [0.2, 0.25) is 0 Å². The van der Waals surface area contributed by atoms with Crippen LogP contribution in [0, 0.1) is 0 Å². The van der Waals surface area contributed by atoms with Crippen LogP contribution in [0.25, 0.3) is 0 Å². The molecule has 2 nitrogen and oxygen atoms in total. The highest BCUT2D eigenvalue weighted by Crippen LogP contribution is 1.99. The van der Waals surface area contributed by atoms with Crippen molar-refractivity contribution >= 4 is 12.6 Å². The fourth-order valence-corrected chi connectivity index (χ4v) is 0.601. The van der Waals surface area contributed by atoms with Crippen molar-refractivity contribution < 1.29 is 9.84 Å². The van der Waals surface area contributed by atoms with E-state index in [-0.39, 0.29) is 18.1 Å². The molecule has 0 rings (SSSR count). The van der Waals surface area contributed by atoms with E-state index in [1.165, 1.54) is 0 Å². The first-order valence-corrected chi connectivity index (χ1v) is 3.13. The van der Waals surface area contributed by atoms with Gasteiger partial charge < -0.3 is 9.84 Å². The normalized spacial score (nSPS) is 14.6. The van der Waals surface area contributed by atoms with Crippen molar-refractivity contribution in [3.8, 4) is 0 Å². The third-order valence-electron chi connectivity index (χ3n) is 0.585. The van der Waals surface area contributed by atoms with E-state index < -0.39 is 0 Å². The predicted octanol–water partition coefficient (Wildman–Crippen LogP) is 0.660. The van der Waals surface area contributed by atoms with E-state index >= 15 is 0 Å². The first-order chi connectivity index (χ1) is 3.66. The molecule has 0 aromatic heterocycles. The number of thiol groups is 1. The van der Waals surface area contributed by atoms with Crippen LogP contribution in [-0.2, 0) is 4.74 Å². The fourth-order valence-electron chi connectivity index (χ4n) is 0.357. The van der Waals surface area contributed by atoms with Crippen LogP contribution in [0.15, 0.2) is 0 Å². The molecule has 3 heteroatoms. The van der Waals surface area contributed by atoms with E-state index in [2.05, 4.69) is 12.6 Å². The lowest BCUT2D eigenvalue weighted by Gasteiger charge is -2.11.